The van der Waals surface area contributed by atoms with Crippen molar-refractivity contribution in [2.75, 3.05) is 11.9 Å². The highest BCUT2D eigenvalue weighted by Gasteiger charge is 2.13. The van der Waals surface area contributed by atoms with Gasteiger partial charge in [-0.1, -0.05) is 55.8 Å². The van der Waals surface area contributed by atoms with Crippen molar-refractivity contribution in [3.63, 3.8) is 0 Å². The third kappa shape index (κ3) is 5.44. The number of amides is 1. The number of ether oxygens (including phenoxy) is 1. The van der Waals surface area contributed by atoms with Crippen molar-refractivity contribution in [2.45, 2.75) is 26.7 Å². The third-order valence-corrected chi connectivity index (χ3v) is 6.25. The molecule has 0 aliphatic heterocycles. The molecule has 0 bridgehead atoms. The molecule has 0 radical (unpaired) electrons. The van der Waals surface area contributed by atoms with Gasteiger partial charge in [-0.2, -0.15) is 0 Å². The van der Waals surface area contributed by atoms with Crippen molar-refractivity contribution in [2.24, 2.45) is 0 Å². The van der Waals surface area contributed by atoms with Gasteiger partial charge in [0.1, 0.15) is 16.8 Å². The number of nitrogens with zero attached hydrogens (tertiary/aromatic N) is 3. The lowest BCUT2D eigenvalue weighted by Crippen LogP contribution is -2.34. The van der Waals surface area contributed by atoms with Crippen molar-refractivity contribution in [3.05, 3.63) is 90.0 Å². The van der Waals surface area contributed by atoms with Crippen LogP contribution in [0.25, 0.3) is 27.5 Å². The van der Waals surface area contributed by atoms with E-state index < -0.39 is 0 Å². The molecule has 1 amide bonds. The van der Waals surface area contributed by atoms with Crippen LogP contribution in [-0.2, 0) is 0 Å². The predicted molar refractivity (Wildman–Crippen MR) is 152 cm³/mol. The zero-order valence-corrected chi connectivity index (χ0v) is 21.5. The summed E-state index contributed by atoms with van der Waals surface area (Å²) < 4.78 is 5.71. The highest BCUT2D eigenvalue weighted by Crippen LogP contribution is 2.25. The molecule has 2 N–H and O–H groups in total. The first-order chi connectivity index (χ1) is 18.0. The number of aryl methyl sites for hydroxylation is 1. The minimum atomic E-state index is -0.306. The van der Waals surface area contributed by atoms with Gasteiger partial charge in [-0.3, -0.25) is 10.1 Å². The summed E-state index contributed by atoms with van der Waals surface area (Å²) in [5, 5.41) is 17.7. The lowest BCUT2D eigenvalue weighted by Gasteiger charge is -2.12. The van der Waals surface area contributed by atoms with E-state index in [1.807, 2.05) is 49.4 Å². The quantitative estimate of drug-likeness (QED) is 0.201. The molecule has 0 spiro atoms. The summed E-state index contributed by atoms with van der Waals surface area (Å²) in [6, 6.07) is 25.1. The number of thiocarbonyl (C=S) groups is 1. The van der Waals surface area contributed by atoms with E-state index in [1.165, 1.54) is 0 Å². The van der Waals surface area contributed by atoms with Crippen molar-refractivity contribution >= 4 is 50.7 Å². The number of fused-ring (bicyclic) bond motifs is 2. The first-order valence-electron chi connectivity index (χ1n) is 12.2. The number of anilines is 1. The topological polar surface area (TPSA) is 81.1 Å². The van der Waals surface area contributed by atoms with Crippen LogP contribution >= 0.6 is 12.2 Å². The molecule has 4 aromatic carbocycles. The standard InChI is InChI=1S/C29H27N5O2S/c1-3-4-15-36-22-12-7-11-21(17-22)28(35)31-29(37)30-24-18-26-25(16-19(24)2)32-34(33-26)27-14-8-10-20-9-5-6-13-23(20)27/h5-14,16-18H,3-4,15H2,1-2H3,(H2,30,31,35,37). The van der Waals surface area contributed by atoms with Crippen LogP contribution in [0.5, 0.6) is 5.75 Å². The molecule has 0 aliphatic carbocycles. The van der Waals surface area contributed by atoms with Gasteiger partial charge < -0.3 is 10.1 Å². The lowest BCUT2D eigenvalue weighted by molar-refractivity contribution is 0.0977. The minimum Gasteiger partial charge on any atom is -0.494 e. The molecule has 1 aromatic heterocycles. The number of unbranched alkanes of at least 4 members (excludes halogenated alkanes) is 1. The fraction of sp³-hybridized carbons (Fsp3) is 0.172. The summed E-state index contributed by atoms with van der Waals surface area (Å²) in [6.45, 7) is 4.68. The Morgan fingerprint density at radius 2 is 1.73 bits per heavy atom. The average Bonchev–Trinajstić information content (AvgIpc) is 3.31. The van der Waals surface area contributed by atoms with Crippen molar-refractivity contribution in [1.82, 2.24) is 20.3 Å². The number of aromatic nitrogens is 3. The molecular formula is C29H27N5O2S. The first kappa shape index (κ1) is 24.4. The SMILES string of the molecule is CCCCOc1cccc(C(=O)NC(=S)Nc2cc3nn(-c4cccc5ccccc45)nc3cc2C)c1. The van der Waals surface area contributed by atoms with Gasteiger partial charge in [-0.05, 0) is 72.9 Å². The Bertz CT molecular complexity index is 1610. The predicted octanol–water partition coefficient (Wildman–Crippen LogP) is 6.19. The van der Waals surface area contributed by atoms with Crippen LogP contribution in [-0.4, -0.2) is 32.6 Å². The number of hydrogen-bond donors (Lipinski definition) is 2. The Morgan fingerprint density at radius 3 is 2.57 bits per heavy atom. The fourth-order valence-electron chi connectivity index (χ4n) is 4.08. The third-order valence-electron chi connectivity index (χ3n) is 6.05. The zero-order chi connectivity index (χ0) is 25.8. The molecule has 0 fully saturated rings. The molecule has 186 valence electrons. The molecule has 5 rings (SSSR count). The van der Waals surface area contributed by atoms with E-state index in [1.54, 1.807) is 23.0 Å². The Balaban J connectivity index is 1.32. The summed E-state index contributed by atoms with van der Waals surface area (Å²) >= 11 is 5.43. The molecule has 0 saturated heterocycles. The largest absolute Gasteiger partial charge is 0.494 e. The number of hydrogen-bond acceptors (Lipinski definition) is 5. The highest BCUT2D eigenvalue weighted by atomic mass is 32.1. The van der Waals surface area contributed by atoms with Crippen molar-refractivity contribution < 1.29 is 9.53 Å². The van der Waals surface area contributed by atoms with Gasteiger partial charge >= 0.3 is 0 Å². The summed E-state index contributed by atoms with van der Waals surface area (Å²) in [7, 11) is 0. The van der Waals surface area contributed by atoms with E-state index in [-0.39, 0.29) is 11.0 Å². The van der Waals surface area contributed by atoms with E-state index >= 15 is 0 Å². The monoisotopic (exact) mass is 509 g/mol. The minimum absolute atomic E-state index is 0.200. The number of nitrogens with one attached hydrogen (secondary N) is 2. The number of carbonyl (C=O) groups is 1. The molecule has 0 saturated carbocycles. The average molecular weight is 510 g/mol. The second kappa shape index (κ2) is 10.8. The molecule has 0 atom stereocenters. The molecular weight excluding hydrogens is 482 g/mol. The summed E-state index contributed by atoms with van der Waals surface area (Å²) in [5.41, 5.74) is 4.55. The van der Waals surface area contributed by atoms with Crippen molar-refractivity contribution in [3.8, 4) is 11.4 Å². The van der Waals surface area contributed by atoms with Gasteiger partial charge in [0.15, 0.2) is 5.11 Å². The number of benzene rings is 4. The fourth-order valence-corrected chi connectivity index (χ4v) is 4.29. The van der Waals surface area contributed by atoms with Crippen molar-refractivity contribution in [1.29, 1.82) is 0 Å². The van der Waals surface area contributed by atoms with Crippen LogP contribution < -0.4 is 15.4 Å². The zero-order valence-electron chi connectivity index (χ0n) is 20.7. The highest BCUT2D eigenvalue weighted by molar-refractivity contribution is 7.80. The van der Waals surface area contributed by atoms with Gasteiger partial charge in [0.25, 0.3) is 5.91 Å². The van der Waals surface area contributed by atoms with Crippen LogP contribution in [0.2, 0.25) is 0 Å². The molecule has 0 unspecified atom stereocenters. The molecule has 37 heavy (non-hydrogen) atoms. The van der Waals surface area contributed by atoms with E-state index in [2.05, 4.69) is 35.8 Å². The molecule has 7 nitrogen and oxygen atoms in total. The van der Waals surface area contributed by atoms with Gasteiger partial charge in [0.2, 0.25) is 0 Å². The Hall–Kier alpha value is -4.30. The lowest BCUT2D eigenvalue weighted by atomic mass is 10.1. The maximum atomic E-state index is 12.8. The summed E-state index contributed by atoms with van der Waals surface area (Å²) in [4.78, 5) is 14.4. The molecule has 0 aliphatic rings. The van der Waals surface area contributed by atoms with E-state index in [0.717, 1.165) is 46.1 Å². The smallest absolute Gasteiger partial charge is 0.257 e. The first-order valence-corrected chi connectivity index (χ1v) is 12.6. The van der Waals surface area contributed by atoms with Gasteiger partial charge in [0, 0.05) is 16.6 Å². The molecule has 5 aromatic rings. The maximum Gasteiger partial charge on any atom is 0.257 e. The second-order valence-corrected chi connectivity index (χ2v) is 9.19. The van der Waals surface area contributed by atoms with Crippen LogP contribution in [0.1, 0.15) is 35.7 Å². The summed E-state index contributed by atoms with van der Waals surface area (Å²) in [6.07, 6.45) is 2.01. The summed E-state index contributed by atoms with van der Waals surface area (Å²) in [5.74, 6) is 0.356. The number of rotatable bonds is 7. The Kier molecular flexibility index (Phi) is 7.09. The van der Waals surface area contributed by atoms with E-state index in [4.69, 9.17) is 27.2 Å². The number of carbonyl (C=O) groups excluding carboxylic acids is 1. The van der Waals surface area contributed by atoms with Crippen LogP contribution in [0.4, 0.5) is 5.69 Å². The van der Waals surface area contributed by atoms with Gasteiger partial charge in [-0.15, -0.1) is 15.0 Å². The normalized spacial score (nSPS) is 11.0. The van der Waals surface area contributed by atoms with Crippen LogP contribution in [0, 0.1) is 6.92 Å². The second-order valence-electron chi connectivity index (χ2n) is 8.78. The maximum absolute atomic E-state index is 12.8. The van der Waals surface area contributed by atoms with Gasteiger partial charge in [0.05, 0.1) is 12.3 Å². The Labute approximate surface area is 220 Å². The van der Waals surface area contributed by atoms with Gasteiger partial charge in [-0.25, -0.2) is 0 Å². The van der Waals surface area contributed by atoms with Crippen LogP contribution in [0.15, 0.2) is 78.9 Å². The van der Waals surface area contributed by atoms with E-state index in [0.29, 0.717) is 23.4 Å². The molecule has 8 heteroatoms. The molecule has 1 heterocycles. The van der Waals surface area contributed by atoms with E-state index in [9.17, 15) is 4.79 Å². The van der Waals surface area contributed by atoms with Crippen LogP contribution in [0.3, 0.4) is 0 Å². The Morgan fingerprint density at radius 1 is 0.973 bits per heavy atom.